The fraction of sp³-hybridized carbons (Fsp3) is 0.467. The van der Waals surface area contributed by atoms with Crippen LogP contribution >= 0.6 is 23.1 Å². The van der Waals surface area contributed by atoms with Crippen molar-refractivity contribution in [3.8, 4) is 0 Å². The summed E-state index contributed by atoms with van der Waals surface area (Å²) in [6.07, 6.45) is 0.669. The van der Waals surface area contributed by atoms with Gasteiger partial charge in [-0.25, -0.2) is 4.39 Å². The van der Waals surface area contributed by atoms with Crippen molar-refractivity contribution < 1.29 is 4.39 Å². The molecule has 6 heteroatoms. The molecule has 0 bridgehead atoms. The molecule has 21 heavy (non-hydrogen) atoms. The van der Waals surface area contributed by atoms with E-state index in [1.807, 2.05) is 7.05 Å². The topological polar surface area (TPSA) is 37.8 Å². The van der Waals surface area contributed by atoms with Crippen molar-refractivity contribution >= 4 is 23.1 Å². The number of halogens is 2. The predicted molar refractivity (Wildman–Crippen MR) is 85.5 cm³/mol. The molecular weight excluding hydrogens is 309 g/mol. The van der Waals surface area contributed by atoms with Crippen molar-refractivity contribution in [2.75, 3.05) is 7.05 Å². The molecule has 0 aliphatic carbocycles. The van der Waals surface area contributed by atoms with Gasteiger partial charge in [0.25, 0.3) is 0 Å². The van der Waals surface area contributed by atoms with E-state index >= 15 is 0 Å². The van der Waals surface area contributed by atoms with Crippen LogP contribution in [0.5, 0.6) is 0 Å². The lowest BCUT2D eigenvalue weighted by molar-refractivity contribution is 0.530. The van der Waals surface area contributed by atoms with Gasteiger partial charge in [0.1, 0.15) is 5.82 Å². The van der Waals surface area contributed by atoms with Crippen molar-refractivity contribution in [2.24, 2.45) is 0 Å². The Labute approximate surface area is 133 Å². The molecule has 1 atom stereocenters. The van der Waals surface area contributed by atoms with Crippen LogP contribution in [-0.4, -0.2) is 16.6 Å². The number of hydrogen-bond acceptors (Lipinski definition) is 4. The van der Waals surface area contributed by atoms with E-state index < -0.39 is 0 Å². The van der Waals surface area contributed by atoms with E-state index in [2.05, 4.69) is 35.7 Å². The number of aromatic nitrogens is 2. The van der Waals surface area contributed by atoms with E-state index in [0.717, 1.165) is 16.1 Å². The van der Waals surface area contributed by atoms with Crippen LogP contribution in [-0.2, 0) is 11.8 Å². The molecule has 0 amide bonds. The number of benzene rings is 1. The quantitative estimate of drug-likeness (QED) is 0.917. The van der Waals surface area contributed by atoms with Crippen LogP contribution in [0.1, 0.15) is 42.9 Å². The highest BCUT2D eigenvalue weighted by Crippen LogP contribution is 2.33. The van der Waals surface area contributed by atoms with Crippen molar-refractivity contribution in [3.63, 3.8) is 0 Å². The summed E-state index contributed by atoms with van der Waals surface area (Å²) in [6, 6.07) is 4.57. The molecule has 0 saturated heterocycles. The van der Waals surface area contributed by atoms with Gasteiger partial charge < -0.3 is 5.32 Å². The van der Waals surface area contributed by atoms with E-state index in [0.29, 0.717) is 11.4 Å². The minimum absolute atomic E-state index is 0.0576. The average molecular weight is 328 g/mol. The third kappa shape index (κ3) is 3.78. The minimum Gasteiger partial charge on any atom is -0.312 e. The number of likely N-dealkylation sites (N-methyl/N-ethyl adjacent to an activating group) is 1. The first kappa shape index (κ1) is 16.3. The highest BCUT2D eigenvalue weighted by molar-refractivity contribution is 7.05. The molecular formula is C15H19ClFN3S. The number of nitrogens with one attached hydrogen (secondary N) is 1. The van der Waals surface area contributed by atoms with Crippen LogP contribution in [0.3, 0.4) is 0 Å². The fourth-order valence-electron chi connectivity index (χ4n) is 2.18. The molecule has 2 aromatic rings. The minimum atomic E-state index is -0.320. The zero-order chi connectivity index (χ0) is 15.6. The molecule has 0 saturated carbocycles. The third-order valence-electron chi connectivity index (χ3n) is 3.33. The Morgan fingerprint density at radius 3 is 2.67 bits per heavy atom. The number of hydrogen-bond donors (Lipinski definition) is 1. The molecule has 1 aromatic heterocycles. The van der Waals surface area contributed by atoms with E-state index in [1.54, 1.807) is 6.07 Å². The first-order chi connectivity index (χ1) is 9.82. The molecule has 3 nitrogen and oxygen atoms in total. The van der Waals surface area contributed by atoms with Gasteiger partial charge in [-0.2, -0.15) is 0 Å². The van der Waals surface area contributed by atoms with Gasteiger partial charge in [-0.1, -0.05) is 42.9 Å². The summed E-state index contributed by atoms with van der Waals surface area (Å²) in [5, 5.41) is 8.00. The van der Waals surface area contributed by atoms with Crippen molar-refractivity contribution in [1.82, 2.24) is 14.9 Å². The molecule has 0 aliphatic heterocycles. The second kappa shape index (κ2) is 6.38. The Bertz CT molecular complexity index is 622. The summed E-state index contributed by atoms with van der Waals surface area (Å²) in [5.41, 5.74) is 1.83. The number of rotatable bonds is 4. The van der Waals surface area contributed by atoms with Gasteiger partial charge in [0.15, 0.2) is 0 Å². The SMILES string of the molecule is CNC(Cc1ccc(F)cc1Cl)c1snnc1C(C)(C)C. The van der Waals surface area contributed by atoms with Crippen LogP contribution in [0.4, 0.5) is 4.39 Å². The molecule has 1 unspecified atom stereocenters. The van der Waals surface area contributed by atoms with E-state index in [-0.39, 0.29) is 17.3 Å². The maximum Gasteiger partial charge on any atom is 0.124 e. The average Bonchev–Trinajstić information content (AvgIpc) is 2.87. The van der Waals surface area contributed by atoms with Crippen LogP contribution in [0, 0.1) is 5.82 Å². The number of nitrogens with zero attached hydrogens (tertiary/aromatic N) is 2. The third-order valence-corrected chi connectivity index (χ3v) is 4.52. The maximum atomic E-state index is 13.1. The van der Waals surface area contributed by atoms with Crippen molar-refractivity contribution in [1.29, 1.82) is 0 Å². The molecule has 2 rings (SSSR count). The smallest absolute Gasteiger partial charge is 0.124 e. The monoisotopic (exact) mass is 327 g/mol. The Balaban J connectivity index is 2.31. The largest absolute Gasteiger partial charge is 0.312 e. The van der Waals surface area contributed by atoms with Gasteiger partial charge in [-0.15, -0.1) is 5.10 Å². The molecule has 0 spiro atoms. The van der Waals surface area contributed by atoms with Gasteiger partial charge in [0.05, 0.1) is 10.6 Å². The van der Waals surface area contributed by atoms with Crippen molar-refractivity contribution in [2.45, 2.75) is 38.6 Å². The molecule has 0 aliphatic rings. The lowest BCUT2D eigenvalue weighted by Gasteiger charge is -2.22. The second-order valence-electron chi connectivity index (χ2n) is 6.02. The Morgan fingerprint density at radius 1 is 1.38 bits per heavy atom. The lowest BCUT2D eigenvalue weighted by Crippen LogP contribution is -2.23. The lowest BCUT2D eigenvalue weighted by atomic mass is 9.89. The predicted octanol–water partition coefficient (Wildman–Crippen LogP) is 4.13. The Hall–Kier alpha value is -1.04. The summed E-state index contributed by atoms with van der Waals surface area (Å²) < 4.78 is 17.2. The highest BCUT2D eigenvalue weighted by Gasteiger charge is 2.27. The molecule has 114 valence electrons. The first-order valence-electron chi connectivity index (χ1n) is 6.77. The highest BCUT2D eigenvalue weighted by atomic mass is 35.5. The normalized spacial score (nSPS) is 13.4. The molecule has 0 radical (unpaired) electrons. The van der Waals surface area contributed by atoms with E-state index in [9.17, 15) is 4.39 Å². The molecule has 1 N–H and O–H groups in total. The van der Waals surface area contributed by atoms with Gasteiger partial charge >= 0.3 is 0 Å². The molecule has 1 aromatic carbocycles. The van der Waals surface area contributed by atoms with E-state index in [1.165, 1.54) is 23.7 Å². The summed E-state index contributed by atoms with van der Waals surface area (Å²) in [4.78, 5) is 1.10. The summed E-state index contributed by atoms with van der Waals surface area (Å²) in [7, 11) is 1.90. The van der Waals surface area contributed by atoms with Gasteiger partial charge in [0.2, 0.25) is 0 Å². The van der Waals surface area contributed by atoms with Crippen LogP contribution in [0.15, 0.2) is 18.2 Å². The van der Waals surface area contributed by atoms with Crippen LogP contribution < -0.4 is 5.32 Å². The molecule has 0 fully saturated rings. The Morgan fingerprint density at radius 2 is 2.10 bits per heavy atom. The fourth-order valence-corrected chi connectivity index (χ4v) is 3.40. The first-order valence-corrected chi connectivity index (χ1v) is 7.92. The van der Waals surface area contributed by atoms with Gasteiger partial charge in [0, 0.05) is 16.5 Å². The zero-order valence-corrected chi connectivity index (χ0v) is 14.1. The summed E-state index contributed by atoms with van der Waals surface area (Å²) in [5.74, 6) is -0.320. The molecule has 1 heterocycles. The Kier molecular flexibility index (Phi) is 4.96. The van der Waals surface area contributed by atoms with Gasteiger partial charge in [-0.05, 0) is 42.7 Å². The summed E-state index contributed by atoms with van der Waals surface area (Å²) in [6.45, 7) is 6.35. The van der Waals surface area contributed by atoms with E-state index in [4.69, 9.17) is 11.6 Å². The van der Waals surface area contributed by atoms with Crippen molar-refractivity contribution in [3.05, 3.63) is 45.2 Å². The zero-order valence-electron chi connectivity index (χ0n) is 12.6. The van der Waals surface area contributed by atoms with Crippen LogP contribution in [0.2, 0.25) is 5.02 Å². The second-order valence-corrected chi connectivity index (χ2v) is 7.21. The standard InChI is InChI=1S/C15H19ClFN3S/c1-15(2,3)14-13(21-20-19-14)12(18-4)7-9-5-6-10(17)8-11(9)16/h5-6,8,12,18H,7H2,1-4H3. The maximum absolute atomic E-state index is 13.1. The van der Waals surface area contributed by atoms with Crippen LogP contribution in [0.25, 0.3) is 0 Å². The van der Waals surface area contributed by atoms with Gasteiger partial charge in [-0.3, -0.25) is 0 Å². The summed E-state index contributed by atoms with van der Waals surface area (Å²) >= 11 is 7.52.